The Balaban J connectivity index is 1.44. The Hall–Kier alpha value is -5.70. The second-order valence-corrected chi connectivity index (χ2v) is 13.6. The third-order valence-electron chi connectivity index (χ3n) is 9.15. The molecule has 2 nitrogen and oxygen atoms in total. The van der Waals surface area contributed by atoms with Crippen LogP contribution in [-0.4, -0.2) is 14.5 Å². The van der Waals surface area contributed by atoms with E-state index in [1.165, 1.54) is 41.5 Å². The van der Waals surface area contributed by atoms with Crippen LogP contribution in [-0.2, 0) is 0 Å². The normalized spacial score (nSPS) is 11.5. The van der Waals surface area contributed by atoms with Gasteiger partial charge in [0.05, 0.1) is 0 Å². The minimum absolute atomic E-state index is 0.0750. The van der Waals surface area contributed by atoms with E-state index in [4.69, 9.17) is 0 Å². The van der Waals surface area contributed by atoms with Crippen LogP contribution in [0.2, 0.25) is 0 Å². The summed E-state index contributed by atoms with van der Waals surface area (Å²) in [5.74, 6) is 0. The van der Waals surface area contributed by atoms with Gasteiger partial charge >= 0.3 is 266 Å². The van der Waals surface area contributed by atoms with Crippen molar-refractivity contribution in [1.29, 1.82) is 10.5 Å². The van der Waals surface area contributed by atoms with Crippen LogP contribution in [0.15, 0.2) is 133 Å². The van der Waals surface area contributed by atoms with Crippen LogP contribution in [0.5, 0.6) is 0 Å². The SMILES string of the molecule is N#Cc1c2ccccc2c(-c2cccc3c2[se]c2cccc(-c4c5ccccc5c(C#N)c5ccccc45)c23)c2ccccc12. The number of nitriles is 2. The summed E-state index contributed by atoms with van der Waals surface area (Å²) in [5, 5.41) is 31.4. The van der Waals surface area contributed by atoms with Gasteiger partial charge in [0.2, 0.25) is 0 Å². The van der Waals surface area contributed by atoms with Crippen molar-refractivity contribution in [2.45, 2.75) is 0 Å². The van der Waals surface area contributed by atoms with Crippen molar-refractivity contribution in [3.63, 3.8) is 0 Å². The van der Waals surface area contributed by atoms with Gasteiger partial charge in [-0.2, -0.15) is 0 Å². The predicted molar refractivity (Wildman–Crippen MR) is 189 cm³/mol. The van der Waals surface area contributed by atoms with Gasteiger partial charge in [-0.3, -0.25) is 0 Å². The molecule has 0 aliphatic carbocycles. The zero-order chi connectivity index (χ0) is 30.1. The molecule has 0 saturated carbocycles. The molecule has 1 aromatic heterocycles. The van der Waals surface area contributed by atoms with E-state index in [0.717, 1.165) is 54.2 Å². The van der Waals surface area contributed by atoms with Crippen LogP contribution < -0.4 is 0 Å². The number of hydrogen-bond donors (Lipinski definition) is 0. The van der Waals surface area contributed by atoms with Crippen molar-refractivity contribution in [2.75, 3.05) is 0 Å². The second kappa shape index (κ2) is 9.92. The third-order valence-corrected chi connectivity index (χ3v) is 11.7. The summed E-state index contributed by atoms with van der Waals surface area (Å²) in [6.07, 6.45) is 0. The Kier molecular flexibility index (Phi) is 5.68. The van der Waals surface area contributed by atoms with Gasteiger partial charge < -0.3 is 0 Å². The molecule has 0 amide bonds. The fourth-order valence-corrected chi connectivity index (χ4v) is 9.95. The molecule has 0 N–H and O–H groups in total. The summed E-state index contributed by atoms with van der Waals surface area (Å²) in [6, 6.07) is 51.8. The van der Waals surface area contributed by atoms with Crippen molar-refractivity contribution in [2.24, 2.45) is 0 Å². The van der Waals surface area contributed by atoms with E-state index in [-0.39, 0.29) is 14.5 Å². The summed E-state index contributed by atoms with van der Waals surface area (Å²) in [4.78, 5) is 0. The zero-order valence-corrected chi connectivity index (χ0v) is 25.7. The average molecular weight is 634 g/mol. The van der Waals surface area contributed by atoms with Gasteiger partial charge in [-0.05, 0) is 0 Å². The Morgan fingerprint density at radius 1 is 0.378 bits per heavy atom. The molecule has 0 radical (unpaired) electrons. The van der Waals surface area contributed by atoms with E-state index in [0.29, 0.717) is 0 Å². The molecule has 0 spiro atoms. The van der Waals surface area contributed by atoms with Crippen LogP contribution >= 0.6 is 0 Å². The van der Waals surface area contributed by atoms with Crippen LogP contribution in [0.4, 0.5) is 0 Å². The van der Waals surface area contributed by atoms with Crippen LogP contribution in [0.3, 0.4) is 0 Å². The molecule has 206 valence electrons. The van der Waals surface area contributed by atoms with Crippen molar-refractivity contribution in [1.82, 2.24) is 0 Å². The van der Waals surface area contributed by atoms with Crippen molar-refractivity contribution < 1.29 is 0 Å². The monoisotopic (exact) mass is 634 g/mol. The Labute approximate surface area is 265 Å². The predicted octanol–water partition coefficient (Wildman–Crippen LogP) is 10.7. The second-order valence-electron chi connectivity index (χ2n) is 11.4. The topological polar surface area (TPSA) is 47.6 Å². The van der Waals surface area contributed by atoms with E-state index >= 15 is 0 Å². The first kappa shape index (κ1) is 25.8. The summed E-state index contributed by atoms with van der Waals surface area (Å²) in [5.41, 5.74) is 6.28. The van der Waals surface area contributed by atoms with Gasteiger partial charge in [-0.1, -0.05) is 0 Å². The van der Waals surface area contributed by atoms with Gasteiger partial charge in [-0.15, -0.1) is 0 Å². The fraction of sp³-hybridized carbons (Fsp3) is 0. The summed E-state index contributed by atoms with van der Waals surface area (Å²) in [7, 11) is 0. The summed E-state index contributed by atoms with van der Waals surface area (Å²) >= 11 is 0.0750. The molecule has 0 fully saturated rings. The molecule has 3 heteroatoms. The fourth-order valence-electron chi connectivity index (χ4n) is 7.33. The Morgan fingerprint density at radius 3 is 1.22 bits per heavy atom. The summed E-state index contributed by atoms with van der Waals surface area (Å²) in [6.45, 7) is 0. The van der Waals surface area contributed by atoms with Crippen molar-refractivity contribution in [3.05, 3.63) is 145 Å². The number of hydrogen-bond acceptors (Lipinski definition) is 2. The first-order valence-electron chi connectivity index (χ1n) is 14.9. The molecule has 8 aromatic carbocycles. The van der Waals surface area contributed by atoms with Crippen LogP contribution in [0.1, 0.15) is 11.1 Å². The zero-order valence-electron chi connectivity index (χ0n) is 24.0. The van der Waals surface area contributed by atoms with E-state index in [9.17, 15) is 10.5 Å². The number of benzene rings is 8. The van der Waals surface area contributed by atoms with E-state index in [1.54, 1.807) is 0 Å². The van der Waals surface area contributed by atoms with Gasteiger partial charge in [0.15, 0.2) is 0 Å². The van der Waals surface area contributed by atoms with Crippen LogP contribution in [0, 0.1) is 22.7 Å². The standard InChI is InChI=1S/C42H22N2Se/c43-23-36-25-11-1-5-15-29(25)39(30-16-6-2-12-26(30)36)33-19-10-22-38-41(33)35-21-9-20-34(42(35)45-38)40-31-17-7-3-13-27(31)37(24-44)28-14-4-8-18-32(28)40/h1-22H. The molecule has 45 heavy (non-hydrogen) atoms. The molecule has 9 aromatic rings. The molecular formula is C42H22N2Se. The molecule has 0 bridgehead atoms. The minimum atomic E-state index is 0.0750. The molecule has 0 aliphatic rings. The van der Waals surface area contributed by atoms with Gasteiger partial charge in [0.25, 0.3) is 0 Å². The molecule has 0 aliphatic heterocycles. The molecule has 0 unspecified atom stereocenters. The Bertz CT molecular complexity index is 2680. The number of rotatable bonds is 2. The molecule has 0 atom stereocenters. The molecule has 9 rings (SSSR count). The van der Waals surface area contributed by atoms with E-state index in [2.05, 4.69) is 121 Å². The van der Waals surface area contributed by atoms with E-state index < -0.39 is 0 Å². The quantitative estimate of drug-likeness (QED) is 0.140. The first-order valence-corrected chi connectivity index (χ1v) is 16.6. The van der Waals surface area contributed by atoms with Gasteiger partial charge in [0, 0.05) is 0 Å². The molecular weight excluding hydrogens is 611 g/mol. The van der Waals surface area contributed by atoms with Crippen molar-refractivity contribution >= 4 is 76.9 Å². The molecule has 0 saturated heterocycles. The maximum absolute atomic E-state index is 10.2. The third kappa shape index (κ3) is 3.61. The number of fused-ring (bicyclic) bond motifs is 7. The number of nitrogens with zero attached hydrogens (tertiary/aromatic N) is 2. The van der Waals surface area contributed by atoms with Gasteiger partial charge in [-0.25, -0.2) is 0 Å². The maximum atomic E-state index is 10.2. The Morgan fingerprint density at radius 2 is 0.756 bits per heavy atom. The van der Waals surface area contributed by atoms with Crippen LogP contribution in [0.25, 0.3) is 84.6 Å². The first-order chi connectivity index (χ1) is 22.3. The summed E-state index contributed by atoms with van der Waals surface area (Å²) < 4.78 is 2.73. The van der Waals surface area contributed by atoms with Gasteiger partial charge in [0.1, 0.15) is 0 Å². The average Bonchev–Trinajstić information content (AvgIpc) is 3.49. The van der Waals surface area contributed by atoms with Crippen molar-refractivity contribution in [3.8, 4) is 34.4 Å². The molecule has 1 heterocycles. The van der Waals surface area contributed by atoms with E-state index in [1.807, 2.05) is 24.3 Å².